The predicted octanol–water partition coefficient (Wildman–Crippen LogP) is 5.20. The van der Waals surface area contributed by atoms with Gasteiger partial charge in [0.05, 0.1) is 35.9 Å². The third kappa shape index (κ3) is 6.07. The maximum absolute atomic E-state index is 14.2. The maximum atomic E-state index is 14.2. The number of carbonyl (C=O) groups is 4. The van der Waals surface area contributed by atoms with E-state index in [1.165, 1.54) is 24.3 Å². The Labute approximate surface area is 279 Å². The average molecular weight is 725 g/mol. The number of halogens is 1. The fourth-order valence-corrected chi connectivity index (χ4v) is 8.36. The van der Waals surface area contributed by atoms with Gasteiger partial charge in [0.15, 0.2) is 6.61 Å². The van der Waals surface area contributed by atoms with Gasteiger partial charge in [0.1, 0.15) is 16.7 Å². The Morgan fingerprint density at radius 2 is 1.74 bits per heavy atom. The Kier molecular flexibility index (Phi) is 9.02. The lowest BCUT2D eigenvalue weighted by Gasteiger charge is -2.31. The number of nitrogens with one attached hydrogen (secondary N) is 2. The predicted molar refractivity (Wildman–Crippen MR) is 176 cm³/mol. The summed E-state index contributed by atoms with van der Waals surface area (Å²) >= 11 is 5.62. The van der Waals surface area contributed by atoms with Crippen LogP contribution in [-0.4, -0.2) is 54.2 Å². The van der Waals surface area contributed by atoms with Gasteiger partial charge in [0.25, 0.3) is 5.91 Å². The number of rotatable bonds is 9. The summed E-state index contributed by atoms with van der Waals surface area (Å²) in [5, 5.41) is 2.44. The van der Waals surface area contributed by atoms with Gasteiger partial charge in [-0.1, -0.05) is 39.0 Å². The van der Waals surface area contributed by atoms with Crippen LogP contribution in [0.4, 0.5) is 11.4 Å². The highest BCUT2D eigenvalue weighted by Crippen LogP contribution is 2.54. The van der Waals surface area contributed by atoms with Crippen LogP contribution in [0.1, 0.15) is 33.6 Å². The van der Waals surface area contributed by atoms with Crippen LogP contribution in [-0.2, 0) is 19.1 Å². The number of aromatic nitrogens is 1. The normalized spacial score (nSPS) is 18.5. The zero-order chi connectivity index (χ0) is 32.5. The number of benzene rings is 3. The second-order valence-electron chi connectivity index (χ2n) is 10.3. The molecule has 236 valence electrons. The van der Waals surface area contributed by atoms with E-state index >= 15 is 0 Å². The molecule has 0 radical (unpaired) electrons. The standard InChI is InChI=1S/C32H26BrN3O8S2/c1-3-43-31(40)16-4-9-19(10-5-16)36-29(38)25-24(26-28(35-32(41)46-26)45-27(25)30(36)39)21-14-17(33)6-13-22(21)44-15-23(37)34-18-7-11-20(42-2)12-8-18/h4-14,24-25,27H,3,15H2,1-2H3,(H,34,37)(H,35,41)/t24-,25?,27?/m1/s1. The number of carbonyl (C=O) groups excluding carboxylic acids is 4. The molecule has 2 N–H and O–H groups in total. The van der Waals surface area contributed by atoms with Crippen LogP contribution in [0, 0.1) is 5.92 Å². The molecule has 11 nitrogen and oxygen atoms in total. The van der Waals surface area contributed by atoms with Gasteiger partial charge >= 0.3 is 10.8 Å². The Morgan fingerprint density at radius 1 is 1.00 bits per heavy atom. The summed E-state index contributed by atoms with van der Waals surface area (Å²) in [5.41, 5.74) is 1.71. The average Bonchev–Trinajstić information content (AvgIpc) is 3.54. The number of imide groups is 1. The molecule has 2 aliphatic rings. The number of thioether (sulfide) groups is 1. The third-order valence-electron chi connectivity index (χ3n) is 7.50. The van der Waals surface area contributed by atoms with E-state index < -0.39 is 40.8 Å². The minimum absolute atomic E-state index is 0.215. The van der Waals surface area contributed by atoms with E-state index in [1.807, 2.05) is 0 Å². The zero-order valence-electron chi connectivity index (χ0n) is 24.4. The molecule has 1 saturated heterocycles. The minimum atomic E-state index is -0.883. The first-order chi connectivity index (χ1) is 22.2. The van der Waals surface area contributed by atoms with E-state index in [-0.39, 0.29) is 18.1 Å². The number of amides is 3. The minimum Gasteiger partial charge on any atom is -0.497 e. The molecule has 3 amide bonds. The van der Waals surface area contributed by atoms with Gasteiger partial charge in [-0.15, -0.1) is 0 Å². The number of hydrogen-bond acceptors (Lipinski definition) is 10. The van der Waals surface area contributed by atoms with E-state index in [0.717, 1.165) is 28.0 Å². The number of ether oxygens (including phenoxy) is 3. The van der Waals surface area contributed by atoms with E-state index in [0.29, 0.717) is 48.4 Å². The fraction of sp³-hybridized carbons (Fsp3) is 0.219. The van der Waals surface area contributed by atoms with Crippen molar-refractivity contribution in [3.8, 4) is 11.5 Å². The number of H-pyrrole nitrogens is 1. The van der Waals surface area contributed by atoms with Crippen LogP contribution < -0.4 is 24.6 Å². The van der Waals surface area contributed by atoms with Crippen molar-refractivity contribution in [3.05, 3.63) is 96.9 Å². The molecule has 2 unspecified atom stereocenters. The number of thiazole rings is 1. The smallest absolute Gasteiger partial charge is 0.338 e. The molecule has 0 bridgehead atoms. The topological polar surface area (TPSA) is 144 Å². The molecule has 4 aromatic rings. The first-order valence-corrected chi connectivity index (χ1v) is 16.6. The van der Waals surface area contributed by atoms with Crippen molar-refractivity contribution in [2.75, 3.05) is 30.5 Å². The van der Waals surface area contributed by atoms with Gasteiger partial charge in [-0.25, -0.2) is 9.69 Å². The van der Waals surface area contributed by atoms with Crippen molar-refractivity contribution in [3.63, 3.8) is 0 Å². The number of aromatic amines is 1. The van der Waals surface area contributed by atoms with Crippen LogP contribution in [0.2, 0.25) is 0 Å². The van der Waals surface area contributed by atoms with Gasteiger partial charge in [0, 0.05) is 26.5 Å². The third-order valence-corrected chi connectivity index (χ3v) is 10.4. The van der Waals surface area contributed by atoms with Gasteiger partial charge in [-0.3, -0.25) is 19.2 Å². The second kappa shape index (κ2) is 13.1. The van der Waals surface area contributed by atoms with Crippen molar-refractivity contribution in [1.82, 2.24) is 4.98 Å². The Hall–Kier alpha value is -4.40. The molecule has 3 heterocycles. The molecule has 3 aromatic carbocycles. The summed E-state index contributed by atoms with van der Waals surface area (Å²) in [4.78, 5) is 69.8. The van der Waals surface area contributed by atoms with Crippen LogP contribution in [0.15, 0.2) is 81.0 Å². The van der Waals surface area contributed by atoms with E-state index in [9.17, 15) is 24.0 Å². The Morgan fingerprint density at radius 3 is 2.43 bits per heavy atom. The summed E-state index contributed by atoms with van der Waals surface area (Å²) < 4.78 is 16.9. The van der Waals surface area contributed by atoms with Crippen molar-refractivity contribution in [2.45, 2.75) is 23.1 Å². The SMILES string of the molecule is CCOC(=O)c1ccc(N2C(=O)C3Sc4[nH]c(=O)sc4[C@H](c4cc(Br)ccc4OCC(=O)Nc4ccc(OC)cc4)C3C2=O)cc1. The fourth-order valence-electron chi connectivity index (χ4n) is 5.48. The summed E-state index contributed by atoms with van der Waals surface area (Å²) in [6.45, 7) is 1.58. The van der Waals surface area contributed by atoms with Gasteiger partial charge in [0.2, 0.25) is 11.8 Å². The number of anilines is 2. The summed E-state index contributed by atoms with van der Waals surface area (Å²) in [7, 11) is 1.55. The maximum Gasteiger partial charge on any atom is 0.338 e. The number of nitrogens with zero attached hydrogens (tertiary/aromatic N) is 1. The largest absolute Gasteiger partial charge is 0.497 e. The molecule has 2 aliphatic heterocycles. The highest BCUT2D eigenvalue weighted by molar-refractivity contribution is 9.10. The molecular formula is C32H26BrN3O8S2. The lowest BCUT2D eigenvalue weighted by Crippen LogP contribution is -2.32. The van der Waals surface area contributed by atoms with Crippen molar-refractivity contribution in [1.29, 1.82) is 0 Å². The van der Waals surface area contributed by atoms with E-state index in [2.05, 4.69) is 26.2 Å². The molecule has 0 saturated carbocycles. The molecule has 1 aromatic heterocycles. The first-order valence-electron chi connectivity index (χ1n) is 14.1. The number of hydrogen-bond donors (Lipinski definition) is 2. The summed E-state index contributed by atoms with van der Waals surface area (Å²) in [6.07, 6.45) is 0. The summed E-state index contributed by atoms with van der Waals surface area (Å²) in [5.74, 6) is -2.45. The van der Waals surface area contributed by atoms with Crippen LogP contribution in [0.25, 0.3) is 0 Å². The lowest BCUT2D eigenvalue weighted by molar-refractivity contribution is -0.122. The Bertz CT molecular complexity index is 1890. The molecule has 3 atom stereocenters. The summed E-state index contributed by atoms with van der Waals surface area (Å²) in [6, 6.07) is 18.1. The number of methoxy groups -OCH3 is 1. The molecule has 46 heavy (non-hydrogen) atoms. The lowest BCUT2D eigenvalue weighted by atomic mass is 9.82. The molecule has 14 heteroatoms. The molecule has 0 aliphatic carbocycles. The highest BCUT2D eigenvalue weighted by Gasteiger charge is 2.57. The molecular weight excluding hydrogens is 698 g/mol. The molecule has 6 rings (SSSR count). The van der Waals surface area contributed by atoms with Crippen molar-refractivity contribution in [2.24, 2.45) is 5.92 Å². The quantitative estimate of drug-likeness (QED) is 0.176. The highest BCUT2D eigenvalue weighted by atomic mass is 79.9. The van der Waals surface area contributed by atoms with Gasteiger partial charge in [-0.05, 0) is 73.7 Å². The van der Waals surface area contributed by atoms with Gasteiger partial charge < -0.3 is 24.5 Å². The number of esters is 1. The van der Waals surface area contributed by atoms with Crippen LogP contribution in [0.3, 0.4) is 0 Å². The van der Waals surface area contributed by atoms with E-state index in [1.54, 1.807) is 56.5 Å². The first kappa shape index (κ1) is 31.6. The number of fused-ring (bicyclic) bond motifs is 2. The molecule has 0 spiro atoms. The second-order valence-corrected chi connectivity index (χ2v) is 13.4. The van der Waals surface area contributed by atoms with Crippen molar-refractivity contribution < 1.29 is 33.4 Å². The van der Waals surface area contributed by atoms with Gasteiger partial charge in [-0.2, -0.15) is 0 Å². The monoisotopic (exact) mass is 723 g/mol. The van der Waals surface area contributed by atoms with Crippen LogP contribution >= 0.6 is 39.0 Å². The van der Waals surface area contributed by atoms with Crippen molar-refractivity contribution >= 4 is 74.1 Å². The van der Waals surface area contributed by atoms with Crippen LogP contribution in [0.5, 0.6) is 11.5 Å². The zero-order valence-corrected chi connectivity index (χ0v) is 27.6. The van der Waals surface area contributed by atoms with E-state index in [4.69, 9.17) is 14.2 Å². The molecule has 1 fully saturated rings. The Balaban J connectivity index is 1.31.